The molecular weight excluding hydrogens is 376 g/mol. The van der Waals surface area contributed by atoms with Gasteiger partial charge in [-0.1, -0.05) is 36.4 Å². The van der Waals surface area contributed by atoms with Gasteiger partial charge < -0.3 is 9.84 Å². The van der Waals surface area contributed by atoms with Crippen LogP contribution in [0.5, 0.6) is 5.75 Å². The summed E-state index contributed by atoms with van der Waals surface area (Å²) in [6, 6.07) is 12.6. The van der Waals surface area contributed by atoms with E-state index < -0.39 is 22.7 Å². The maximum absolute atomic E-state index is 13.4. The zero-order valence-electron chi connectivity index (χ0n) is 14.6. The van der Waals surface area contributed by atoms with Gasteiger partial charge in [0.1, 0.15) is 10.6 Å². The lowest BCUT2D eigenvalue weighted by Crippen LogP contribution is -2.35. The van der Waals surface area contributed by atoms with Gasteiger partial charge in [-0.15, -0.1) is 0 Å². The number of benzene rings is 2. The van der Waals surface area contributed by atoms with Crippen molar-refractivity contribution in [1.29, 1.82) is 0 Å². The first-order valence-electron chi connectivity index (χ1n) is 8.69. The molecule has 8 heteroatoms. The predicted molar refractivity (Wildman–Crippen MR) is 96.2 cm³/mol. The van der Waals surface area contributed by atoms with Crippen LogP contribution in [0, 0.1) is 0 Å². The van der Waals surface area contributed by atoms with Crippen molar-refractivity contribution in [3.05, 3.63) is 59.7 Å². The number of hydrogen-bond acceptors (Lipinski definition) is 4. The van der Waals surface area contributed by atoms with E-state index in [1.54, 1.807) is 0 Å². The summed E-state index contributed by atoms with van der Waals surface area (Å²) in [5, 5.41) is 9.22. The third-order valence-corrected chi connectivity index (χ3v) is 6.58. The predicted octanol–water partition coefficient (Wildman–Crippen LogP) is 3.35. The summed E-state index contributed by atoms with van der Waals surface area (Å²) >= 11 is 0. The fraction of sp³-hybridized carbons (Fsp3) is 0.368. The third-order valence-electron chi connectivity index (χ3n) is 4.64. The molecule has 3 rings (SSSR count). The molecule has 146 valence electrons. The third kappa shape index (κ3) is 4.12. The number of para-hydroxylation sites is 1. The standard InChI is InChI=1S/C19H21F2NO4S/c20-19(21)26-17-8-3-4-9-18(17)27(24,25)22(12-5-13-23)16-11-10-14-6-1-2-7-15(14)16/h1-4,6-9,16,19,23H,5,10-13H2. The average molecular weight is 397 g/mol. The largest absolute Gasteiger partial charge is 0.433 e. The molecular formula is C19H21F2NO4S. The van der Waals surface area contributed by atoms with Gasteiger partial charge in [-0.2, -0.15) is 13.1 Å². The number of nitrogens with zero attached hydrogens (tertiary/aromatic N) is 1. The monoisotopic (exact) mass is 397 g/mol. The molecule has 2 aromatic carbocycles. The van der Waals surface area contributed by atoms with Gasteiger partial charge >= 0.3 is 6.61 Å². The smallest absolute Gasteiger partial charge is 0.387 e. The molecule has 1 N–H and O–H groups in total. The number of aliphatic hydroxyl groups is 1. The van der Waals surface area contributed by atoms with Crippen molar-refractivity contribution >= 4 is 10.0 Å². The van der Waals surface area contributed by atoms with Crippen molar-refractivity contribution < 1.29 is 27.0 Å². The Morgan fingerprint density at radius 1 is 1.15 bits per heavy atom. The minimum atomic E-state index is -4.11. The van der Waals surface area contributed by atoms with Gasteiger partial charge in [0, 0.05) is 13.2 Å². The topological polar surface area (TPSA) is 66.8 Å². The van der Waals surface area contributed by atoms with Gasteiger partial charge in [0.25, 0.3) is 0 Å². The first kappa shape index (κ1) is 19.7. The van der Waals surface area contributed by atoms with Gasteiger partial charge in [-0.05, 0) is 42.5 Å². The Hall–Kier alpha value is -2.03. The molecule has 1 unspecified atom stereocenters. The number of sulfonamides is 1. The number of hydrogen-bond donors (Lipinski definition) is 1. The molecule has 0 spiro atoms. The summed E-state index contributed by atoms with van der Waals surface area (Å²) in [6.45, 7) is -3.21. The molecule has 0 saturated carbocycles. The van der Waals surface area contributed by atoms with Crippen molar-refractivity contribution in [3.8, 4) is 5.75 Å². The molecule has 1 atom stereocenters. The normalized spacial score (nSPS) is 16.7. The van der Waals surface area contributed by atoms with Crippen molar-refractivity contribution in [3.63, 3.8) is 0 Å². The number of ether oxygens (including phenoxy) is 1. The molecule has 2 aromatic rings. The van der Waals surface area contributed by atoms with Crippen molar-refractivity contribution in [2.45, 2.75) is 36.8 Å². The maximum atomic E-state index is 13.4. The Labute approximate surface area is 157 Å². The van der Waals surface area contributed by atoms with Gasteiger partial charge in [0.15, 0.2) is 0 Å². The van der Waals surface area contributed by atoms with E-state index in [1.807, 2.05) is 24.3 Å². The highest BCUT2D eigenvalue weighted by molar-refractivity contribution is 7.89. The molecule has 27 heavy (non-hydrogen) atoms. The van der Waals surface area contributed by atoms with Crippen molar-refractivity contribution in [2.75, 3.05) is 13.2 Å². The Bertz CT molecular complexity index is 889. The SMILES string of the molecule is O=S(=O)(c1ccccc1OC(F)F)N(CCCO)C1CCc2ccccc21. The fourth-order valence-corrected chi connectivity index (χ4v) is 5.28. The number of aryl methyl sites for hydroxylation is 1. The second-order valence-corrected chi connectivity index (χ2v) is 8.13. The fourth-order valence-electron chi connectivity index (χ4n) is 3.49. The number of alkyl halides is 2. The lowest BCUT2D eigenvalue weighted by Gasteiger charge is -2.29. The Morgan fingerprint density at radius 3 is 2.59 bits per heavy atom. The minimum absolute atomic E-state index is 0.0842. The molecule has 0 amide bonds. The van der Waals surface area contributed by atoms with E-state index in [4.69, 9.17) is 0 Å². The summed E-state index contributed by atoms with van der Waals surface area (Å²) in [6.07, 6.45) is 1.58. The number of aliphatic hydroxyl groups excluding tert-OH is 1. The molecule has 5 nitrogen and oxygen atoms in total. The molecule has 1 aliphatic rings. The van der Waals surface area contributed by atoms with Crippen LogP contribution in [-0.4, -0.2) is 37.6 Å². The number of halogens is 2. The van der Waals surface area contributed by atoms with Gasteiger partial charge in [-0.25, -0.2) is 8.42 Å². The summed E-state index contributed by atoms with van der Waals surface area (Å²) in [5.74, 6) is -0.382. The van der Waals surface area contributed by atoms with E-state index in [-0.39, 0.29) is 30.2 Å². The van der Waals surface area contributed by atoms with Crippen LogP contribution < -0.4 is 4.74 Å². The molecule has 0 saturated heterocycles. The second kappa shape index (κ2) is 8.33. The number of rotatable bonds is 8. The van der Waals surface area contributed by atoms with Crippen LogP contribution >= 0.6 is 0 Å². The zero-order valence-corrected chi connectivity index (χ0v) is 15.4. The van der Waals surface area contributed by atoms with Crippen LogP contribution in [0.3, 0.4) is 0 Å². The molecule has 0 fully saturated rings. The Morgan fingerprint density at radius 2 is 1.85 bits per heavy atom. The van der Waals surface area contributed by atoms with E-state index in [9.17, 15) is 22.3 Å². The molecule has 0 aliphatic heterocycles. The van der Waals surface area contributed by atoms with Crippen LogP contribution in [-0.2, 0) is 16.4 Å². The average Bonchev–Trinajstić information content (AvgIpc) is 3.06. The van der Waals surface area contributed by atoms with Crippen molar-refractivity contribution in [2.24, 2.45) is 0 Å². The van der Waals surface area contributed by atoms with Crippen LogP contribution in [0.2, 0.25) is 0 Å². The highest BCUT2D eigenvalue weighted by Crippen LogP contribution is 2.40. The van der Waals surface area contributed by atoms with E-state index in [0.29, 0.717) is 6.42 Å². The maximum Gasteiger partial charge on any atom is 0.387 e. The van der Waals surface area contributed by atoms with Gasteiger partial charge in [-0.3, -0.25) is 0 Å². The molecule has 0 bridgehead atoms. The lowest BCUT2D eigenvalue weighted by molar-refractivity contribution is -0.0518. The van der Waals surface area contributed by atoms with Crippen LogP contribution in [0.25, 0.3) is 0 Å². The van der Waals surface area contributed by atoms with Crippen molar-refractivity contribution in [1.82, 2.24) is 4.31 Å². The second-order valence-electron chi connectivity index (χ2n) is 6.27. The number of fused-ring (bicyclic) bond motifs is 1. The highest BCUT2D eigenvalue weighted by atomic mass is 32.2. The Kier molecular flexibility index (Phi) is 6.08. The van der Waals surface area contributed by atoms with E-state index >= 15 is 0 Å². The van der Waals surface area contributed by atoms with Crippen LogP contribution in [0.4, 0.5) is 8.78 Å². The summed E-state index contributed by atoms with van der Waals surface area (Å²) < 4.78 is 57.9. The first-order valence-corrected chi connectivity index (χ1v) is 10.1. The summed E-state index contributed by atoms with van der Waals surface area (Å²) in [7, 11) is -4.11. The molecule has 0 radical (unpaired) electrons. The minimum Gasteiger partial charge on any atom is -0.433 e. The highest BCUT2D eigenvalue weighted by Gasteiger charge is 2.37. The van der Waals surface area contributed by atoms with E-state index in [2.05, 4.69) is 4.74 Å². The van der Waals surface area contributed by atoms with Crippen LogP contribution in [0.1, 0.15) is 30.0 Å². The van der Waals surface area contributed by atoms with Crippen LogP contribution in [0.15, 0.2) is 53.4 Å². The zero-order chi connectivity index (χ0) is 19.4. The quantitative estimate of drug-likeness (QED) is 0.742. The summed E-state index contributed by atoms with van der Waals surface area (Å²) in [4.78, 5) is -0.298. The molecule has 0 heterocycles. The Balaban J connectivity index is 2.03. The van der Waals surface area contributed by atoms with E-state index in [0.717, 1.165) is 17.5 Å². The van der Waals surface area contributed by atoms with Gasteiger partial charge in [0.2, 0.25) is 10.0 Å². The first-order chi connectivity index (χ1) is 12.9. The molecule has 0 aromatic heterocycles. The van der Waals surface area contributed by atoms with Gasteiger partial charge in [0.05, 0.1) is 6.04 Å². The van der Waals surface area contributed by atoms with E-state index in [1.165, 1.54) is 28.6 Å². The summed E-state index contributed by atoms with van der Waals surface area (Å²) in [5.41, 5.74) is 1.98. The lowest BCUT2D eigenvalue weighted by atomic mass is 10.1. The molecule has 1 aliphatic carbocycles.